The zero-order chi connectivity index (χ0) is 26.6. The molecule has 0 radical (unpaired) electrons. The molecule has 38 heavy (non-hydrogen) atoms. The van der Waals surface area contributed by atoms with Crippen LogP contribution in [0.4, 0.5) is 13.2 Å². The molecule has 2 aliphatic heterocycles. The summed E-state index contributed by atoms with van der Waals surface area (Å²) in [7, 11) is 0. The first kappa shape index (κ1) is 24.3. The van der Waals surface area contributed by atoms with Gasteiger partial charge in [0.25, 0.3) is 11.8 Å². The molecule has 2 fully saturated rings. The number of nitrogens with zero attached hydrogens (tertiary/aromatic N) is 2. The molecule has 7 nitrogen and oxygen atoms in total. The minimum atomic E-state index is -1.34. The van der Waals surface area contributed by atoms with Gasteiger partial charge in [0.05, 0.1) is 6.04 Å². The molecule has 1 aliphatic carbocycles. The number of hydrogen-bond donors (Lipinski definition) is 1. The summed E-state index contributed by atoms with van der Waals surface area (Å²) in [6.45, 7) is -0.0400. The predicted octanol–water partition coefficient (Wildman–Crippen LogP) is 3.78. The Kier molecular flexibility index (Phi) is 5.97. The van der Waals surface area contributed by atoms with E-state index in [-0.39, 0.29) is 47.2 Å². The molecule has 1 N–H and O–H groups in total. The van der Waals surface area contributed by atoms with E-state index in [1.807, 2.05) is 35.2 Å². The van der Waals surface area contributed by atoms with Crippen LogP contribution in [-0.2, 0) is 19.7 Å². The average Bonchev–Trinajstić information content (AvgIpc) is 3.52. The molecule has 3 aromatic rings. The predicted molar refractivity (Wildman–Crippen MR) is 130 cm³/mol. The van der Waals surface area contributed by atoms with Gasteiger partial charge in [-0.3, -0.25) is 14.4 Å². The summed E-state index contributed by atoms with van der Waals surface area (Å²) in [5.41, 5.74) is -0.451. The van der Waals surface area contributed by atoms with Gasteiger partial charge in [0.1, 0.15) is 18.0 Å². The molecule has 1 aromatic heterocycles. The lowest BCUT2D eigenvalue weighted by molar-refractivity contribution is 0.0479. The van der Waals surface area contributed by atoms with Gasteiger partial charge in [-0.15, -0.1) is 0 Å². The van der Waals surface area contributed by atoms with Gasteiger partial charge < -0.3 is 19.5 Å². The van der Waals surface area contributed by atoms with Crippen LogP contribution < -0.4 is 15.5 Å². The average molecular weight is 524 g/mol. The molecule has 3 heterocycles. The van der Waals surface area contributed by atoms with E-state index in [0.717, 1.165) is 24.8 Å². The zero-order valence-electron chi connectivity index (χ0n) is 20.3. The van der Waals surface area contributed by atoms with Crippen LogP contribution in [0.2, 0.25) is 0 Å². The topological polar surface area (TPSA) is 80.6 Å². The molecule has 0 spiro atoms. The number of hydrogen-bond acceptors (Lipinski definition) is 4. The molecule has 6 rings (SSSR count). The maximum atomic E-state index is 14.1. The Bertz CT molecular complexity index is 1510. The third kappa shape index (κ3) is 4.04. The van der Waals surface area contributed by atoms with Crippen LogP contribution >= 0.6 is 0 Å². The molecule has 1 saturated carbocycles. The van der Waals surface area contributed by atoms with Crippen molar-refractivity contribution in [3.8, 4) is 5.75 Å². The van der Waals surface area contributed by atoms with Crippen molar-refractivity contribution in [3.05, 3.63) is 98.7 Å². The monoisotopic (exact) mass is 523 g/mol. The molecular weight excluding hydrogens is 499 g/mol. The summed E-state index contributed by atoms with van der Waals surface area (Å²) < 4.78 is 48.4. The third-order valence-electron chi connectivity index (χ3n) is 7.80. The quantitative estimate of drug-likeness (QED) is 0.499. The molecule has 3 aliphatic rings. The molecular formula is C28H24F3N3O4. The molecule has 0 unspecified atom stereocenters. The number of amides is 2. The minimum Gasteiger partial charge on any atom is -0.483 e. The Balaban J connectivity index is 1.35. The molecule has 10 heteroatoms. The first-order chi connectivity index (χ1) is 18.3. The Labute approximate surface area is 215 Å². The van der Waals surface area contributed by atoms with Crippen molar-refractivity contribution in [2.24, 2.45) is 5.92 Å². The number of benzene rings is 2. The number of nitrogens with one attached hydrogen (secondary N) is 1. The van der Waals surface area contributed by atoms with Crippen LogP contribution in [0, 0.1) is 23.4 Å². The second-order valence-electron chi connectivity index (χ2n) is 10.0. The van der Waals surface area contributed by atoms with Crippen LogP contribution in [0.5, 0.6) is 5.75 Å². The van der Waals surface area contributed by atoms with Gasteiger partial charge in [0, 0.05) is 37.0 Å². The van der Waals surface area contributed by atoms with E-state index in [0.29, 0.717) is 24.6 Å². The van der Waals surface area contributed by atoms with Gasteiger partial charge in [-0.05, 0) is 36.8 Å². The van der Waals surface area contributed by atoms with Gasteiger partial charge in [-0.1, -0.05) is 30.3 Å². The first-order valence-electron chi connectivity index (χ1n) is 12.5. The number of piperidine rings is 1. The Morgan fingerprint density at radius 3 is 2.58 bits per heavy atom. The standard InChI is InChI=1S/C28H24F3N3O4/c29-20-10-22(31)21(30)9-17(20)11-32-27(36)19-12-33-13-23-16-6-7-18(8-16)34(23)28(37)24(33)26(25(19)35)38-14-15-4-2-1-3-5-15/h1-5,9-10,12,16,18,23H,6-8,11,13-14H2,(H,32,36)/t16-,18+,23+/m1/s1. The zero-order valence-corrected chi connectivity index (χ0v) is 20.3. The summed E-state index contributed by atoms with van der Waals surface area (Å²) in [5.74, 6) is -4.61. The van der Waals surface area contributed by atoms with E-state index >= 15 is 0 Å². The number of fused-ring (bicyclic) bond motifs is 6. The van der Waals surface area contributed by atoms with Gasteiger partial charge >= 0.3 is 0 Å². The van der Waals surface area contributed by atoms with E-state index in [9.17, 15) is 27.6 Å². The maximum absolute atomic E-state index is 14.1. The van der Waals surface area contributed by atoms with E-state index in [1.54, 1.807) is 4.57 Å². The maximum Gasteiger partial charge on any atom is 0.275 e. The van der Waals surface area contributed by atoms with Crippen LogP contribution in [0.1, 0.15) is 51.2 Å². The van der Waals surface area contributed by atoms with Crippen LogP contribution in [0.3, 0.4) is 0 Å². The highest BCUT2D eigenvalue weighted by atomic mass is 19.2. The van der Waals surface area contributed by atoms with Crippen LogP contribution in [0.25, 0.3) is 0 Å². The van der Waals surface area contributed by atoms with Crippen molar-refractivity contribution in [2.45, 2.75) is 51.0 Å². The Morgan fingerprint density at radius 2 is 1.79 bits per heavy atom. The molecule has 196 valence electrons. The molecule has 2 bridgehead atoms. The SMILES string of the molecule is O=C(NCc1cc(F)c(F)cc1F)c1cn2c(c(OCc3ccccc3)c1=O)C(=O)N1[C@H]3CC[C@H](C3)[C@@H]1C2. The number of rotatable bonds is 6. The first-order valence-corrected chi connectivity index (χ1v) is 12.5. The summed E-state index contributed by atoms with van der Waals surface area (Å²) in [6, 6.07) is 10.3. The van der Waals surface area contributed by atoms with Crippen molar-refractivity contribution in [3.63, 3.8) is 0 Å². The van der Waals surface area contributed by atoms with Crippen molar-refractivity contribution in [1.82, 2.24) is 14.8 Å². The number of pyridine rings is 1. The minimum absolute atomic E-state index is 0.0109. The second kappa shape index (κ2) is 9.34. The van der Waals surface area contributed by atoms with Gasteiger partial charge in [0.2, 0.25) is 5.43 Å². The highest BCUT2D eigenvalue weighted by Crippen LogP contribution is 2.46. The third-order valence-corrected chi connectivity index (χ3v) is 7.80. The van der Waals surface area contributed by atoms with Crippen molar-refractivity contribution < 1.29 is 27.5 Å². The smallest absolute Gasteiger partial charge is 0.275 e. The number of carbonyl (C=O) groups excluding carboxylic acids is 2. The highest BCUT2D eigenvalue weighted by molar-refractivity contribution is 5.99. The lowest BCUT2D eigenvalue weighted by Gasteiger charge is -2.40. The van der Waals surface area contributed by atoms with Crippen LogP contribution in [-0.4, -0.2) is 33.4 Å². The lowest BCUT2D eigenvalue weighted by atomic mass is 9.95. The largest absolute Gasteiger partial charge is 0.483 e. The van der Waals surface area contributed by atoms with E-state index in [2.05, 4.69) is 5.32 Å². The normalized spacial score (nSPS) is 21.3. The Morgan fingerprint density at radius 1 is 1.03 bits per heavy atom. The Hall–Kier alpha value is -4.08. The molecule has 2 amide bonds. The fraction of sp³-hybridized carbons (Fsp3) is 0.321. The molecule has 3 atom stereocenters. The van der Waals surface area contributed by atoms with Gasteiger partial charge in [-0.2, -0.15) is 0 Å². The molecule has 2 aromatic carbocycles. The van der Waals surface area contributed by atoms with E-state index in [1.165, 1.54) is 6.20 Å². The summed E-state index contributed by atoms with van der Waals surface area (Å²) >= 11 is 0. The fourth-order valence-electron chi connectivity index (χ4n) is 5.97. The highest BCUT2D eigenvalue weighted by Gasteiger charge is 2.51. The van der Waals surface area contributed by atoms with E-state index < -0.39 is 35.3 Å². The fourth-order valence-corrected chi connectivity index (χ4v) is 5.97. The van der Waals surface area contributed by atoms with Crippen molar-refractivity contribution in [1.29, 1.82) is 0 Å². The number of carbonyl (C=O) groups is 2. The number of aromatic nitrogens is 1. The van der Waals surface area contributed by atoms with Crippen molar-refractivity contribution in [2.75, 3.05) is 0 Å². The van der Waals surface area contributed by atoms with Crippen LogP contribution in [0.15, 0.2) is 53.5 Å². The number of ether oxygens (including phenoxy) is 1. The van der Waals surface area contributed by atoms with Crippen molar-refractivity contribution >= 4 is 11.8 Å². The summed E-state index contributed by atoms with van der Waals surface area (Å²) in [5, 5.41) is 2.40. The second-order valence-corrected chi connectivity index (χ2v) is 10.0. The number of halogens is 3. The van der Waals surface area contributed by atoms with Gasteiger partial charge in [0.15, 0.2) is 23.1 Å². The van der Waals surface area contributed by atoms with Gasteiger partial charge in [-0.25, -0.2) is 13.2 Å². The summed E-state index contributed by atoms with van der Waals surface area (Å²) in [4.78, 5) is 42.1. The van der Waals surface area contributed by atoms with E-state index in [4.69, 9.17) is 4.74 Å². The summed E-state index contributed by atoms with van der Waals surface area (Å²) in [6.07, 6.45) is 4.21. The molecule has 1 saturated heterocycles. The lowest BCUT2D eigenvalue weighted by Crippen LogP contribution is -2.52.